The molecule has 1 unspecified atom stereocenters. The fourth-order valence-electron chi connectivity index (χ4n) is 2.45. The zero-order valence-corrected chi connectivity index (χ0v) is 12.5. The van der Waals surface area contributed by atoms with E-state index in [0.717, 1.165) is 26.2 Å². The number of nitrogens with one attached hydrogen (secondary N) is 1. The summed E-state index contributed by atoms with van der Waals surface area (Å²) in [4.78, 5) is 3.64. The molecule has 0 aromatic heterocycles. The highest BCUT2D eigenvalue weighted by Crippen LogP contribution is 2.14. The Labute approximate surface area is 120 Å². The first-order valence-electron chi connectivity index (χ1n) is 7.02. The van der Waals surface area contributed by atoms with E-state index in [2.05, 4.69) is 40.7 Å². The molecule has 1 aromatic rings. The molecule has 0 radical (unpaired) electrons. The molecule has 1 saturated heterocycles. The molecular formula is C15H24N2OS. The van der Waals surface area contributed by atoms with Crippen molar-refractivity contribution in [2.75, 3.05) is 32.4 Å². The van der Waals surface area contributed by atoms with Gasteiger partial charge in [0.15, 0.2) is 0 Å². The Bertz CT molecular complexity index is 363. The maximum atomic E-state index is 9.96. The van der Waals surface area contributed by atoms with Crippen LogP contribution in [0.2, 0.25) is 0 Å². The minimum absolute atomic E-state index is 0.261. The van der Waals surface area contributed by atoms with Crippen molar-refractivity contribution in [2.24, 2.45) is 0 Å². The summed E-state index contributed by atoms with van der Waals surface area (Å²) in [5.74, 6) is 0. The standard InChI is InChI=1S/C15H24N2OS/c1-19-15-6-4-13(5-7-15)10-16-11-14(18)12-17-8-2-3-9-17/h4-7,14,16,18H,2-3,8-12H2,1H3. The Kier molecular flexibility index (Phi) is 6.17. The van der Waals surface area contributed by atoms with Gasteiger partial charge in [0.05, 0.1) is 6.10 Å². The molecular weight excluding hydrogens is 256 g/mol. The van der Waals surface area contributed by atoms with Crippen LogP contribution in [0.4, 0.5) is 0 Å². The SMILES string of the molecule is CSc1ccc(CNCC(O)CN2CCCC2)cc1. The van der Waals surface area contributed by atoms with Crippen molar-refractivity contribution in [3.05, 3.63) is 29.8 Å². The van der Waals surface area contributed by atoms with E-state index in [1.807, 2.05) is 0 Å². The zero-order valence-electron chi connectivity index (χ0n) is 11.6. The monoisotopic (exact) mass is 280 g/mol. The zero-order chi connectivity index (χ0) is 13.5. The van der Waals surface area contributed by atoms with Gasteiger partial charge in [-0.05, 0) is 49.9 Å². The molecule has 1 aromatic carbocycles. The van der Waals surface area contributed by atoms with Crippen molar-refractivity contribution < 1.29 is 5.11 Å². The van der Waals surface area contributed by atoms with Crippen molar-refractivity contribution in [3.8, 4) is 0 Å². The van der Waals surface area contributed by atoms with E-state index < -0.39 is 0 Å². The van der Waals surface area contributed by atoms with Crippen LogP contribution in [0.1, 0.15) is 18.4 Å². The van der Waals surface area contributed by atoms with Gasteiger partial charge in [0.25, 0.3) is 0 Å². The van der Waals surface area contributed by atoms with Gasteiger partial charge in [0, 0.05) is 24.5 Å². The number of rotatable bonds is 7. The maximum absolute atomic E-state index is 9.96. The average Bonchev–Trinajstić information content (AvgIpc) is 2.92. The van der Waals surface area contributed by atoms with Gasteiger partial charge in [0.1, 0.15) is 0 Å². The number of benzene rings is 1. The molecule has 0 saturated carbocycles. The Balaban J connectivity index is 1.64. The second kappa shape index (κ2) is 7.90. The first kappa shape index (κ1) is 14.9. The summed E-state index contributed by atoms with van der Waals surface area (Å²) in [5, 5.41) is 13.3. The molecule has 0 amide bonds. The third kappa shape index (κ3) is 5.15. The van der Waals surface area contributed by atoms with E-state index in [-0.39, 0.29) is 6.10 Å². The van der Waals surface area contributed by atoms with Gasteiger partial charge in [-0.3, -0.25) is 0 Å². The fourth-order valence-corrected chi connectivity index (χ4v) is 2.86. The molecule has 19 heavy (non-hydrogen) atoms. The van der Waals surface area contributed by atoms with Gasteiger partial charge in [-0.25, -0.2) is 0 Å². The predicted molar refractivity (Wildman–Crippen MR) is 81.6 cm³/mol. The quantitative estimate of drug-likeness (QED) is 0.749. The van der Waals surface area contributed by atoms with E-state index in [1.165, 1.54) is 23.3 Å². The lowest BCUT2D eigenvalue weighted by molar-refractivity contribution is 0.123. The number of aliphatic hydroxyl groups excluding tert-OH is 1. The number of aliphatic hydroxyl groups is 1. The van der Waals surface area contributed by atoms with E-state index >= 15 is 0 Å². The van der Waals surface area contributed by atoms with Crippen molar-refractivity contribution in [1.82, 2.24) is 10.2 Å². The topological polar surface area (TPSA) is 35.5 Å². The maximum Gasteiger partial charge on any atom is 0.0791 e. The molecule has 106 valence electrons. The normalized spacial score (nSPS) is 17.8. The molecule has 4 heteroatoms. The average molecular weight is 280 g/mol. The molecule has 1 fully saturated rings. The van der Waals surface area contributed by atoms with E-state index in [1.54, 1.807) is 11.8 Å². The van der Waals surface area contributed by atoms with Crippen LogP contribution in [0.3, 0.4) is 0 Å². The lowest BCUT2D eigenvalue weighted by Crippen LogP contribution is -2.36. The minimum Gasteiger partial charge on any atom is -0.390 e. The van der Waals surface area contributed by atoms with Crippen LogP contribution < -0.4 is 5.32 Å². The number of hydrogen-bond acceptors (Lipinski definition) is 4. The van der Waals surface area contributed by atoms with Gasteiger partial charge in [0.2, 0.25) is 0 Å². The molecule has 0 aliphatic carbocycles. The Morgan fingerprint density at radius 2 is 1.95 bits per heavy atom. The van der Waals surface area contributed by atoms with Gasteiger partial charge in [-0.2, -0.15) is 0 Å². The highest BCUT2D eigenvalue weighted by molar-refractivity contribution is 7.98. The second-order valence-corrected chi connectivity index (χ2v) is 6.02. The smallest absolute Gasteiger partial charge is 0.0791 e. The number of likely N-dealkylation sites (tertiary alicyclic amines) is 1. The minimum atomic E-state index is -0.261. The van der Waals surface area contributed by atoms with E-state index in [9.17, 15) is 5.11 Å². The number of β-amino-alcohol motifs (C(OH)–C–C–N with tert-alkyl or cyclic N) is 1. The van der Waals surface area contributed by atoms with Crippen molar-refractivity contribution in [1.29, 1.82) is 0 Å². The summed E-state index contributed by atoms with van der Waals surface area (Å²) in [6.45, 7) is 4.59. The molecule has 0 bridgehead atoms. The molecule has 0 spiro atoms. The third-order valence-corrected chi connectivity index (χ3v) is 4.28. The summed E-state index contributed by atoms with van der Waals surface area (Å²) in [7, 11) is 0. The highest BCUT2D eigenvalue weighted by Gasteiger charge is 2.15. The lowest BCUT2D eigenvalue weighted by Gasteiger charge is -2.19. The van der Waals surface area contributed by atoms with Gasteiger partial charge >= 0.3 is 0 Å². The third-order valence-electron chi connectivity index (χ3n) is 3.54. The summed E-state index contributed by atoms with van der Waals surface area (Å²) in [6.07, 6.45) is 4.38. The molecule has 1 atom stereocenters. The molecule has 1 heterocycles. The molecule has 1 aliphatic rings. The van der Waals surface area contributed by atoms with Gasteiger partial charge in [-0.15, -0.1) is 11.8 Å². The van der Waals surface area contributed by atoms with Crippen LogP contribution >= 0.6 is 11.8 Å². The van der Waals surface area contributed by atoms with Crippen LogP contribution in [-0.4, -0.2) is 48.5 Å². The van der Waals surface area contributed by atoms with Crippen LogP contribution in [0, 0.1) is 0 Å². The molecule has 1 aliphatic heterocycles. The number of thioether (sulfide) groups is 1. The number of nitrogens with zero attached hydrogens (tertiary/aromatic N) is 1. The Hall–Kier alpha value is -0.550. The van der Waals surface area contributed by atoms with Gasteiger partial charge < -0.3 is 15.3 Å². The van der Waals surface area contributed by atoms with Crippen molar-refractivity contribution in [3.63, 3.8) is 0 Å². The Morgan fingerprint density at radius 3 is 2.58 bits per heavy atom. The molecule has 2 rings (SSSR count). The van der Waals surface area contributed by atoms with Crippen molar-refractivity contribution in [2.45, 2.75) is 30.4 Å². The Morgan fingerprint density at radius 1 is 1.26 bits per heavy atom. The first-order valence-corrected chi connectivity index (χ1v) is 8.24. The van der Waals surface area contributed by atoms with Crippen molar-refractivity contribution >= 4 is 11.8 Å². The highest BCUT2D eigenvalue weighted by atomic mass is 32.2. The molecule has 3 nitrogen and oxygen atoms in total. The second-order valence-electron chi connectivity index (χ2n) is 5.14. The van der Waals surface area contributed by atoms with Crippen LogP contribution in [0.15, 0.2) is 29.2 Å². The van der Waals surface area contributed by atoms with E-state index in [4.69, 9.17) is 0 Å². The summed E-state index contributed by atoms with van der Waals surface area (Å²) >= 11 is 1.76. The van der Waals surface area contributed by atoms with Crippen LogP contribution in [-0.2, 0) is 6.54 Å². The van der Waals surface area contributed by atoms with Gasteiger partial charge in [-0.1, -0.05) is 12.1 Å². The predicted octanol–water partition coefficient (Wildman–Crippen LogP) is 1.95. The fraction of sp³-hybridized carbons (Fsp3) is 0.600. The number of hydrogen-bond donors (Lipinski definition) is 2. The first-order chi connectivity index (χ1) is 9.28. The summed E-state index contributed by atoms with van der Waals surface area (Å²) in [5.41, 5.74) is 1.27. The van der Waals surface area contributed by atoms with Crippen LogP contribution in [0.25, 0.3) is 0 Å². The summed E-state index contributed by atoms with van der Waals surface area (Å²) in [6, 6.07) is 8.57. The van der Waals surface area contributed by atoms with Crippen LogP contribution in [0.5, 0.6) is 0 Å². The van der Waals surface area contributed by atoms with E-state index in [0.29, 0.717) is 6.54 Å². The lowest BCUT2D eigenvalue weighted by atomic mass is 10.2. The largest absolute Gasteiger partial charge is 0.390 e. The summed E-state index contributed by atoms with van der Waals surface area (Å²) < 4.78 is 0. The molecule has 2 N–H and O–H groups in total.